The van der Waals surface area contributed by atoms with Gasteiger partial charge >= 0.3 is 0 Å². The third-order valence-electron chi connectivity index (χ3n) is 3.99. The molecule has 0 aromatic heterocycles. The summed E-state index contributed by atoms with van der Waals surface area (Å²) in [5, 5.41) is 1.23. The van der Waals surface area contributed by atoms with Crippen molar-refractivity contribution in [2.75, 3.05) is 0 Å². The second-order valence-corrected chi connectivity index (χ2v) is 7.97. The van der Waals surface area contributed by atoms with Gasteiger partial charge in [0, 0.05) is 5.41 Å². The molecule has 0 saturated heterocycles. The number of hydrogen-bond donors (Lipinski definition) is 0. The molecule has 0 fully saturated rings. The van der Waals surface area contributed by atoms with Crippen LogP contribution in [0.5, 0.6) is 0 Å². The Hall–Kier alpha value is -2.43. The minimum Gasteiger partial charge on any atom is -0.373 e. The summed E-state index contributed by atoms with van der Waals surface area (Å²) in [7, 11) is -3.38. The van der Waals surface area contributed by atoms with Gasteiger partial charge in [-0.25, -0.2) is 8.42 Å². The first-order valence-electron chi connectivity index (χ1n) is 9.01. The molecule has 142 valence electrons. The molecule has 1 atom stereocenters. The van der Waals surface area contributed by atoms with Crippen molar-refractivity contribution in [1.29, 1.82) is 0 Å². The van der Waals surface area contributed by atoms with Gasteiger partial charge in [0.1, 0.15) is 0 Å². The van der Waals surface area contributed by atoms with Crippen LogP contribution in [0.15, 0.2) is 102 Å². The van der Waals surface area contributed by atoms with Gasteiger partial charge in [0.2, 0.25) is 0 Å². The lowest BCUT2D eigenvalue weighted by molar-refractivity contribution is 0.0377. The summed E-state index contributed by atoms with van der Waals surface area (Å²) in [6.07, 6.45) is 9.71. The van der Waals surface area contributed by atoms with Gasteiger partial charge in [0.05, 0.1) is 17.6 Å². The minimum absolute atomic E-state index is 0.101. The van der Waals surface area contributed by atoms with E-state index in [1.165, 1.54) is 5.41 Å². The van der Waals surface area contributed by atoms with Crippen LogP contribution in [0.1, 0.15) is 24.8 Å². The molecule has 2 aromatic carbocycles. The number of ether oxygens (including phenoxy) is 1. The fourth-order valence-corrected chi connectivity index (χ4v) is 3.53. The summed E-state index contributed by atoms with van der Waals surface area (Å²) in [6.45, 7) is 4.37. The summed E-state index contributed by atoms with van der Waals surface area (Å²) in [6, 6.07) is 18.5. The molecule has 2 rings (SSSR count). The zero-order valence-corrected chi connectivity index (χ0v) is 16.2. The highest BCUT2D eigenvalue weighted by Gasteiger charge is 2.08. The molecule has 0 amide bonds. The second-order valence-electron chi connectivity index (χ2n) is 6.14. The maximum atomic E-state index is 12.1. The molecule has 0 spiro atoms. The van der Waals surface area contributed by atoms with Crippen molar-refractivity contribution in [2.24, 2.45) is 0 Å². The molecule has 4 heteroatoms. The van der Waals surface area contributed by atoms with Crippen LogP contribution >= 0.6 is 0 Å². The number of benzene rings is 2. The van der Waals surface area contributed by atoms with Crippen molar-refractivity contribution < 1.29 is 13.2 Å². The normalized spacial score (nSPS) is 13.2. The lowest BCUT2D eigenvalue weighted by Gasteiger charge is -2.15. The maximum Gasteiger partial charge on any atom is 0.199 e. The fourth-order valence-electron chi connectivity index (χ4n) is 2.54. The van der Waals surface area contributed by atoms with E-state index in [-0.39, 0.29) is 6.10 Å². The Morgan fingerprint density at radius 2 is 1.63 bits per heavy atom. The van der Waals surface area contributed by atoms with Gasteiger partial charge < -0.3 is 4.74 Å². The smallest absolute Gasteiger partial charge is 0.199 e. The third kappa shape index (κ3) is 7.77. The van der Waals surface area contributed by atoms with Crippen LogP contribution in [-0.4, -0.2) is 14.5 Å². The summed E-state index contributed by atoms with van der Waals surface area (Å²) >= 11 is 0. The summed E-state index contributed by atoms with van der Waals surface area (Å²) in [5.41, 5.74) is 1.15. The van der Waals surface area contributed by atoms with Crippen LogP contribution in [0.3, 0.4) is 0 Å². The SMILES string of the molecule is C=CCC(CC/C=C/C=C/S(=O)(=O)c1ccccc1)OCc1ccccc1. The Bertz CT molecular complexity index is 838. The highest BCUT2D eigenvalue weighted by molar-refractivity contribution is 7.94. The van der Waals surface area contributed by atoms with E-state index in [0.717, 1.165) is 24.8 Å². The summed E-state index contributed by atoms with van der Waals surface area (Å²) in [4.78, 5) is 0.301. The summed E-state index contributed by atoms with van der Waals surface area (Å²) < 4.78 is 30.2. The van der Waals surface area contributed by atoms with Gasteiger partial charge in [0.15, 0.2) is 9.84 Å². The van der Waals surface area contributed by atoms with Crippen LogP contribution in [0, 0.1) is 0 Å². The van der Waals surface area contributed by atoms with Crippen LogP contribution in [0.25, 0.3) is 0 Å². The highest BCUT2D eigenvalue weighted by Crippen LogP contribution is 2.13. The standard InChI is InChI=1S/C23H26O3S/c1-2-13-22(26-20-21-14-7-5-8-15-21)16-9-3-4-12-19-27(24,25)23-17-10-6-11-18-23/h2-8,10-12,14-15,17-19,22H,1,9,13,16,20H2/b4-3+,19-12+. The number of rotatable bonds is 11. The highest BCUT2D eigenvalue weighted by atomic mass is 32.2. The number of hydrogen-bond acceptors (Lipinski definition) is 3. The minimum atomic E-state index is -3.38. The zero-order valence-electron chi connectivity index (χ0n) is 15.4. The monoisotopic (exact) mass is 382 g/mol. The van der Waals surface area contributed by atoms with E-state index in [4.69, 9.17) is 4.74 Å². The molecule has 0 aliphatic carbocycles. The van der Waals surface area contributed by atoms with Crippen LogP contribution in [-0.2, 0) is 21.2 Å². The molecule has 3 nitrogen and oxygen atoms in total. The van der Waals surface area contributed by atoms with E-state index in [0.29, 0.717) is 11.5 Å². The Balaban J connectivity index is 1.79. The lowest BCUT2D eigenvalue weighted by atomic mass is 10.1. The first-order chi connectivity index (χ1) is 13.1. The van der Waals surface area contributed by atoms with Crippen molar-refractivity contribution in [2.45, 2.75) is 36.9 Å². The van der Waals surface area contributed by atoms with E-state index in [2.05, 4.69) is 6.58 Å². The van der Waals surface area contributed by atoms with Gasteiger partial charge in [-0.15, -0.1) is 6.58 Å². The predicted molar refractivity (Wildman–Crippen MR) is 111 cm³/mol. The largest absolute Gasteiger partial charge is 0.373 e. The van der Waals surface area contributed by atoms with Crippen molar-refractivity contribution in [3.8, 4) is 0 Å². The number of allylic oxidation sites excluding steroid dienone is 3. The first kappa shape index (κ1) is 20.9. The van der Waals surface area contributed by atoms with Gasteiger partial charge in [-0.1, -0.05) is 72.8 Å². The van der Waals surface area contributed by atoms with Crippen LogP contribution < -0.4 is 0 Å². The third-order valence-corrected chi connectivity index (χ3v) is 5.43. The Morgan fingerprint density at radius 1 is 0.963 bits per heavy atom. The predicted octanol–water partition coefficient (Wildman–Crippen LogP) is 5.47. The Kier molecular flexibility index (Phi) is 8.75. The molecular weight excluding hydrogens is 356 g/mol. The van der Waals surface area contributed by atoms with Gasteiger partial charge in [0.25, 0.3) is 0 Å². The van der Waals surface area contributed by atoms with E-state index in [1.54, 1.807) is 42.5 Å². The van der Waals surface area contributed by atoms with Crippen LogP contribution in [0.2, 0.25) is 0 Å². The van der Waals surface area contributed by atoms with Crippen molar-refractivity contribution in [3.63, 3.8) is 0 Å². The van der Waals surface area contributed by atoms with Gasteiger partial charge in [-0.05, 0) is 37.0 Å². The Labute approximate surface area is 162 Å². The van der Waals surface area contributed by atoms with Gasteiger partial charge in [-0.2, -0.15) is 0 Å². The molecular formula is C23H26O3S. The molecule has 0 radical (unpaired) electrons. The fraction of sp³-hybridized carbons (Fsp3) is 0.217. The first-order valence-corrected chi connectivity index (χ1v) is 10.6. The average molecular weight is 383 g/mol. The molecule has 27 heavy (non-hydrogen) atoms. The second kappa shape index (κ2) is 11.3. The van der Waals surface area contributed by atoms with Crippen molar-refractivity contribution >= 4 is 9.84 Å². The van der Waals surface area contributed by atoms with Crippen LogP contribution in [0.4, 0.5) is 0 Å². The van der Waals surface area contributed by atoms with Crippen molar-refractivity contribution in [3.05, 3.63) is 103 Å². The molecule has 2 aromatic rings. The Morgan fingerprint density at radius 3 is 2.30 bits per heavy atom. The van der Waals surface area contributed by atoms with Gasteiger partial charge in [-0.3, -0.25) is 0 Å². The summed E-state index contributed by atoms with van der Waals surface area (Å²) in [5.74, 6) is 0. The lowest BCUT2D eigenvalue weighted by Crippen LogP contribution is -2.11. The molecule has 0 aliphatic rings. The molecule has 0 saturated carbocycles. The molecule has 0 N–H and O–H groups in total. The van der Waals surface area contributed by atoms with E-state index >= 15 is 0 Å². The molecule has 0 heterocycles. The topological polar surface area (TPSA) is 43.4 Å². The molecule has 1 unspecified atom stereocenters. The van der Waals surface area contributed by atoms with Crippen molar-refractivity contribution in [1.82, 2.24) is 0 Å². The molecule has 0 bridgehead atoms. The quantitative estimate of drug-likeness (QED) is 0.382. The maximum absolute atomic E-state index is 12.1. The van der Waals surface area contributed by atoms with E-state index in [1.807, 2.05) is 42.5 Å². The number of sulfone groups is 1. The average Bonchev–Trinajstić information content (AvgIpc) is 2.70. The molecule has 0 aliphatic heterocycles. The zero-order chi connectivity index (χ0) is 19.4. The van der Waals surface area contributed by atoms with E-state index < -0.39 is 9.84 Å². The van der Waals surface area contributed by atoms with E-state index in [9.17, 15) is 8.42 Å².